The van der Waals surface area contributed by atoms with Crippen molar-refractivity contribution in [2.75, 3.05) is 23.4 Å². The molecule has 4 nitrogen and oxygen atoms in total. The summed E-state index contributed by atoms with van der Waals surface area (Å²) in [6.45, 7) is 2.12. The number of rotatable bonds is 6. The molecule has 0 spiro atoms. The third kappa shape index (κ3) is 5.14. The first-order chi connectivity index (χ1) is 7.72. The maximum atomic E-state index is 11.5. The Labute approximate surface area is 99.5 Å². The summed E-state index contributed by atoms with van der Waals surface area (Å²) in [6, 6.07) is 3.50. The molecule has 1 aromatic heterocycles. The molecule has 0 aliphatic heterocycles. The van der Waals surface area contributed by atoms with Gasteiger partial charge in [-0.25, -0.2) is 0 Å². The number of aromatic nitrogens is 1. The Morgan fingerprint density at radius 2 is 2.25 bits per heavy atom. The Hall–Kier alpha value is -1.07. The van der Waals surface area contributed by atoms with Gasteiger partial charge in [-0.15, -0.1) is 0 Å². The van der Waals surface area contributed by atoms with Gasteiger partial charge in [0.05, 0.1) is 5.75 Å². The van der Waals surface area contributed by atoms with E-state index in [0.29, 0.717) is 5.75 Å². The molecule has 0 radical (unpaired) electrons. The predicted molar refractivity (Wildman–Crippen MR) is 66.4 cm³/mol. The van der Waals surface area contributed by atoms with E-state index < -0.39 is 0 Å². The summed E-state index contributed by atoms with van der Waals surface area (Å²) < 4.78 is 0. The molecule has 1 aromatic rings. The number of hydrogen-bond acceptors (Lipinski definition) is 4. The lowest BCUT2D eigenvalue weighted by Gasteiger charge is -2.07. The van der Waals surface area contributed by atoms with Gasteiger partial charge >= 0.3 is 0 Å². The summed E-state index contributed by atoms with van der Waals surface area (Å²) in [6.07, 6.45) is 3.27. The van der Waals surface area contributed by atoms with E-state index in [1.54, 1.807) is 24.5 Å². The zero-order valence-corrected chi connectivity index (χ0v) is 10.0. The third-order valence-electron chi connectivity index (χ3n) is 1.91. The van der Waals surface area contributed by atoms with Crippen molar-refractivity contribution >= 4 is 23.4 Å². The fourth-order valence-corrected chi connectivity index (χ4v) is 1.92. The van der Waals surface area contributed by atoms with Crippen LogP contribution in [-0.4, -0.2) is 34.1 Å². The lowest BCUT2D eigenvalue weighted by atomic mass is 10.2. The second-order valence-corrected chi connectivity index (χ2v) is 4.62. The topological polar surface area (TPSA) is 62.2 Å². The highest BCUT2D eigenvalue weighted by molar-refractivity contribution is 7.99. The number of carbonyl (C=O) groups excluding carboxylic acids is 1. The van der Waals surface area contributed by atoms with Gasteiger partial charge in [-0.05, 0) is 23.8 Å². The number of carbonyl (C=O) groups is 1. The number of thioether (sulfide) groups is 1. The molecule has 0 bridgehead atoms. The van der Waals surface area contributed by atoms with Crippen LogP contribution >= 0.6 is 11.8 Å². The van der Waals surface area contributed by atoms with Gasteiger partial charge in [0.2, 0.25) is 5.91 Å². The van der Waals surface area contributed by atoms with Crippen molar-refractivity contribution in [3.05, 3.63) is 24.5 Å². The average Bonchev–Trinajstić information content (AvgIpc) is 2.30. The van der Waals surface area contributed by atoms with E-state index in [4.69, 9.17) is 5.11 Å². The maximum absolute atomic E-state index is 11.5. The Bertz CT molecular complexity index is 319. The van der Waals surface area contributed by atoms with Crippen molar-refractivity contribution in [1.82, 2.24) is 4.98 Å². The van der Waals surface area contributed by atoms with Crippen LogP contribution in [0.25, 0.3) is 0 Å². The molecular formula is C11H16N2O2S. The minimum Gasteiger partial charge on any atom is -0.396 e. The van der Waals surface area contributed by atoms with Crippen molar-refractivity contribution in [3.8, 4) is 0 Å². The fraction of sp³-hybridized carbons (Fsp3) is 0.455. The molecule has 0 saturated heterocycles. The highest BCUT2D eigenvalue weighted by atomic mass is 32.2. The van der Waals surface area contributed by atoms with Crippen molar-refractivity contribution in [1.29, 1.82) is 0 Å². The number of nitrogens with one attached hydrogen (secondary N) is 1. The number of hydrogen-bond donors (Lipinski definition) is 2. The van der Waals surface area contributed by atoms with Gasteiger partial charge in [-0.1, -0.05) is 6.92 Å². The summed E-state index contributed by atoms with van der Waals surface area (Å²) in [5, 5.41) is 11.6. The number of amides is 1. The highest BCUT2D eigenvalue weighted by Crippen LogP contribution is 2.09. The lowest BCUT2D eigenvalue weighted by molar-refractivity contribution is -0.113. The monoisotopic (exact) mass is 240 g/mol. The first kappa shape index (κ1) is 13.0. The average molecular weight is 240 g/mol. The molecule has 5 heteroatoms. The molecule has 0 aliphatic carbocycles. The van der Waals surface area contributed by atoms with Gasteiger partial charge < -0.3 is 10.4 Å². The Balaban J connectivity index is 2.21. The quantitative estimate of drug-likeness (QED) is 0.788. The first-order valence-corrected chi connectivity index (χ1v) is 6.26. The minimum absolute atomic E-state index is 0.0265. The van der Waals surface area contributed by atoms with Crippen molar-refractivity contribution in [2.24, 2.45) is 5.92 Å². The third-order valence-corrected chi connectivity index (χ3v) is 3.18. The smallest absolute Gasteiger partial charge is 0.234 e. The zero-order valence-electron chi connectivity index (χ0n) is 9.22. The minimum atomic E-state index is -0.0265. The van der Waals surface area contributed by atoms with Crippen LogP contribution in [0.2, 0.25) is 0 Å². The van der Waals surface area contributed by atoms with Gasteiger partial charge in [0.1, 0.15) is 0 Å². The van der Waals surface area contributed by atoms with Crippen molar-refractivity contribution in [2.45, 2.75) is 6.92 Å². The molecule has 2 N–H and O–H groups in total. The standard InChI is InChI=1S/C11H16N2O2S/c1-9(6-14)7-16-8-11(15)13-10-2-4-12-5-3-10/h2-5,9,14H,6-8H2,1H3,(H,12,13,15)/t9-/m0/s1. The van der Waals surface area contributed by atoms with Gasteiger partial charge in [0.15, 0.2) is 0 Å². The SMILES string of the molecule is C[C@@H](CO)CSCC(=O)Nc1ccncc1. The van der Waals surface area contributed by atoms with Crippen LogP contribution in [0.4, 0.5) is 5.69 Å². The molecule has 0 saturated carbocycles. The van der Waals surface area contributed by atoms with Crippen LogP contribution in [0.5, 0.6) is 0 Å². The van der Waals surface area contributed by atoms with Gasteiger partial charge in [0.25, 0.3) is 0 Å². The summed E-state index contributed by atoms with van der Waals surface area (Å²) in [5.41, 5.74) is 0.760. The normalized spacial score (nSPS) is 12.1. The van der Waals surface area contributed by atoms with Gasteiger partial charge in [-0.3, -0.25) is 9.78 Å². The van der Waals surface area contributed by atoms with Crippen molar-refractivity contribution < 1.29 is 9.90 Å². The van der Waals surface area contributed by atoms with Gasteiger partial charge in [0, 0.05) is 24.7 Å². The van der Waals surface area contributed by atoms with E-state index >= 15 is 0 Å². The first-order valence-electron chi connectivity index (χ1n) is 5.11. The van der Waals surface area contributed by atoms with E-state index in [2.05, 4.69) is 10.3 Å². The lowest BCUT2D eigenvalue weighted by Crippen LogP contribution is -2.15. The highest BCUT2D eigenvalue weighted by Gasteiger charge is 2.04. The molecule has 16 heavy (non-hydrogen) atoms. The van der Waals surface area contributed by atoms with Crippen LogP contribution in [0, 0.1) is 5.92 Å². The summed E-state index contributed by atoms with van der Waals surface area (Å²) in [7, 11) is 0. The fourth-order valence-electron chi connectivity index (χ4n) is 1.04. The van der Waals surface area contributed by atoms with E-state index in [1.807, 2.05) is 6.92 Å². The molecule has 1 heterocycles. The molecule has 0 aliphatic rings. The van der Waals surface area contributed by atoms with Crippen molar-refractivity contribution in [3.63, 3.8) is 0 Å². The van der Waals surface area contributed by atoms with E-state index in [1.165, 1.54) is 11.8 Å². The van der Waals surface area contributed by atoms with Crippen LogP contribution in [0.15, 0.2) is 24.5 Å². The number of aliphatic hydroxyl groups is 1. The number of anilines is 1. The second-order valence-electron chi connectivity index (χ2n) is 3.59. The Morgan fingerprint density at radius 3 is 2.88 bits per heavy atom. The molecule has 0 fully saturated rings. The van der Waals surface area contributed by atoms with E-state index in [0.717, 1.165) is 11.4 Å². The van der Waals surface area contributed by atoms with E-state index in [-0.39, 0.29) is 18.4 Å². The summed E-state index contributed by atoms with van der Waals surface area (Å²) in [5.74, 6) is 1.41. The van der Waals surface area contributed by atoms with Crippen LogP contribution in [0.3, 0.4) is 0 Å². The largest absolute Gasteiger partial charge is 0.396 e. The van der Waals surface area contributed by atoms with Gasteiger partial charge in [-0.2, -0.15) is 11.8 Å². The summed E-state index contributed by atoms with van der Waals surface area (Å²) in [4.78, 5) is 15.3. The van der Waals surface area contributed by atoms with E-state index in [9.17, 15) is 4.79 Å². The molecule has 0 unspecified atom stereocenters. The molecule has 0 aromatic carbocycles. The molecule has 1 atom stereocenters. The zero-order chi connectivity index (χ0) is 11.8. The molecular weight excluding hydrogens is 224 g/mol. The second kappa shape index (κ2) is 7.24. The molecule has 1 rings (SSSR count). The number of pyridine rings is 1. The van der Waals surface area contributed by atoms with Crippen LogP contribution in [-0.2, 0) is 4.79 Å². The Morgan fingerprint density at radius 1 is 1.56 bits per heavy atom. The maximum Gasteiger partial charge on any atom is 0.234 e. The molecule has 1 amide bonds. The predicted octanol–water partition coefficient (Wildman–Crippen LogP) is 1.38. The Kier molecular flexibility index (Phi) is 5.88. The van der Waals surface area contributed by atoms with Crippen LogP contribution in [0.1, 0.15) is 6.92 Å². The van der Waals surface area contributed by atoms with Crippen LogP contribution < -0.4 is 5.32 Å². The number of nitrogens with zero attached hydrogens (tertiary/aromatic N) is 1. The molecule has 88 valence electrons. The number of aliphatic hydroxyl groups excluding tert-OH is 1. The summed E-state index contributed by atoms with van der Waals surface area (Å²) >= 11 is 1.53.